The minimum Gasteiger partial charge on any atom is -0.496 e. The van der Waals surface area contributed by atoms with Crippen molar-refractivity contribution < 1.29 is 18.7 Å². The SMILES string of the molecule is COc1ccccc1C(=O)[C@H]1CCCN(C(=O)c2ccco2)C1. The van der Waals surface area contributed by atoms with Crippen LogP contribution in [-0.4, -0.2) is 36.8 Å². The van der Waals surface area contributed by atoms with E-state index >= 15 is 0 Å². The molecule has 1 aliphatic heterocycles. The molecule has 5 nitrogen and oxygen atoms in total. The number of benzene rings is 1. The van der Waals surface area contributed by atoms with E-state index in [0.717, 1.165) is 12.8 Å². The Morgan fingerprint density at radius 2 is 2.04 bits per heavy atom. The molecule has 0 bridgehead atoms. The number of methoxy groups -OCH3 is 1. The Bertz CT molecular complexity index is 693. The largest absolute Gasteiger partial charge is 0.496 e. The van der Waals surface area contributed by atoms with Crippen molar-refractivity contribution in [2.75, 3.05) is 20.2 Å². The summed E-state index contributed by atoms with van der Waals surface area (Å²) in [5.74, 6) is 0.549. The number of amides is 1. The van der Waals surface area contributed by atoms with Crippen LogP contribution in [0.5, 0.6) is 5.75 Å². The number of ketones is 1. The molecular weight excluding hydrogens is 294 g/mol. The van der Waals surface area contributed by atoms with Crippen molar-refractivity contribution in [2.45, 2.75) is 12.8 Å². The van der Waals surface area contributed by atoms with Gasteiger partial charge in [0.1, 0.15) is 5.75 Å². The molecular formula is C18H19NO4. The molecule has 0 aliphatic carbocycles. The summed E-state index contributed by atoms with van der Waals surface area (Å²) in [6, 6.07) is 10.5. The maximum atomic E-state index is 12.8. The van der Waals surface area contributed by atoms with Crippen molar-refractivity contribution >= 4 is 11.7 Å². The maximum Gasteiger partial charge on any atom is 0.289 e. The van der Waals surface area contributed by atoms with Gasteiger partial charge in [0.05, 0.1) is 18.9 Å². The summed E-state index contributed by atoms with van der Waals surface area (Å²) in [5.41, 5.74) is 0.576. The normalized spacial score (nSPS) is 17.8. The summed E-state index contributed by atoms with van der Waals surface area (Å²) in [6.45, 7) is 1.06. The second-order valence-corrected chi connectivity index (χ2v) is 5.63. The lowest BCUT2D eigenvalue weighted by atomic mass is 9.89. The van der Waals surface area contributed by atoms with E-state index < -0.39 is 0 Å². The highest BCUT2D eigenvalue weighted by atomic mass is 16.5. The molecule has 0 N–H and O–H groups in total. The number of furan rings is 1. The number of piperidine rings is 1. The van der Waals surface area contributed by atoms with E-state index in [0.29, 0.717) is 30.2 Å². The summed E-state index contributed by atoms with van der Waals surface area (Å²) in [5, 5.41) is 0. The predicted octanol–water partition coefficient (Wildman–Crippen LogP) is 3.02. The summed E-state index contributed by atoms with van der Waals surface area (Å²) < 4.78 is 10.4. The molecule has 0 radical (unpaired) electrons. The molecule has 1 fully saturated rings. The summed E-state index contributed by atoms with van der Waals surface area (Å²) >= 11 is 0. The van der Waals surface area contributed by atoms with E-state index in [9.17, 15) is 9.59 Å². The first-order valence-electron chi connectivity index (χ1n) is 7.70. The molecule has 5 heteroatoms. The van der Waals surface area contributed by atoms with E-state index in [4.69, 9.17) is 9.15 Å². The van der Waals surface area contributed by atoms with Crippen molar-refractivity contribution in [3.05, 3.63) is 54.0 Å². The third-order valence-electron chi connectivity index (χ3n) is 4.18. The van der Waals surface area contributed by atoms with Crippen LogP contribution in [0.1, 0.15) is 33.8 Å². The number of hydrogen-bond donors (Lipinski definition) is 0. The van der Waals surface area contributed by atoms with Crippen LogP contribution >= 0.6 is 0 Å². The predicted molar refractivity (Wildman–Crippen MR) is 84.7 cm³/mol. The van der Waals surface area contributed by atoms with Gasteiger partial charge in [0.2, 0.25) is 0 Å². The molecule has 0 unspecified atom stereocenters. The first-order chi connectivity index (χ1) is 11.2. The fourth-order valence-corrected chi connectivity index (χ4v) is 3.00. The van der Waals surface area contributed by atoms with Crippen LogP contribution in [0.3, 0.4) is 0 Å². The van der Waals surface area contributed by atoms with Gasteiger partial charge in [0, 0.05) is 19.0 Å². The van der Waals surface area contributed by atoms with Crippen LogP contribution in [0.2, 0.25) is 0 Å². The third-order valence-corrected chi connectivity index (χ3v) is 4.18. The standard InChI is InChI=1S/C18H19NO4/c1-22-15-8-3-2-7-14(15)17(20)13-6-4-10-19(12-13)18(21)16-9-5-11-23-16/h2-3,5,7-9,11,13H,4,6,10,12H2,1H3/t13-/m0/s1. The van der Waals surface area contributed by atoms with Crippen LogP contribution in [0, 0.1) is 5.92 Å². The minimum atomic E-state index is -0.209. The zero-order valence-corrected chi connectivity index (χ0v) is 13.0. The molecule has 23 heavy (non-hydrogen) atoms. The van der Waals surface area contributed by atoms with E-state index in [1.165, 1.54) is 6.26 Å². The minimum absolute atomic E-state index is 0.0272. The highest BCUT2D eigenvalue weighted by Gasteiger charge is 2.31. The van der Waals surface area contributed by atoms with Crippen LogP contribution < -0.4 is 4.74 Å². The zero-order valence-electron chi connectivity index (χ0n) is 13.0. The van der Waals surface area contributed by atoms with E-state index in [-0.39, 0.29) is 17.6 Å². The van der Waals surface area contributed by atoms with Crippen molar-refractivity contribution in [3.8, 4) is 5.75 Å². The molecule has 1 amide bonds. The van der Waals surface area contributed by atoms with Crippen molar-refractivity contribution in [2.24, 2.45) is 5.92 Å². The zero-order chi connectivity index (χ0) is 16.2. The lowest BCUT2D eigenvalue weighted by molar-refractivity contribution is 0.0610. The number of nitrogens with zero attached hydrogens (tertiary/aromatic N) is 1. The quantitative estimate of drug-likeness (QED) is 0.814. The van der Waals surface area contributed by atoms with Gasteiger partial charge in [-0.15, -0.1) is 0 Å². The van der Waals surface area contributed by atoms with Crippen molar-refractivity contribution in [1.29, 1.82) is 0 Å². The molecule has 1 saturated heterocycles. The van der Waals surface area contributed by atoms with Gasteiger partial charge in [-0.1, -0.05) is 12.1 Å². The van der Waals surface area contributed by atoms with E-state index in [1.807, 2.05) is 12.1 Å². The lowest BCUT2D eigenvalue weighted by Gasteiger charge is -2.31. The van der Waals surface area contributed by atoms with Crippen molar-refractivity contribution in [1.82, 2.24) is 4.90 Å². The van der Waals surface area contributed by atoms with Gasteiger partial charge in [0.15, 0.2) is 11.5 Å². The third kappa shape index (κ3) is 3.13. The highest BCUT2D eigenvalue weighted by Crippen LogP contribution is 2.26. The summed E-state index contributed by atoms with van der Waals surface area (Å²) in [4.78, 5) is 26.9. The van der Waals surface area contributed by atoms with Gasteiger partial charge >= 0.3 is 0 Å². The Balaban J connectivity index is 1.76. The first-order valence-corrected chi connectivity index (χ1v) is 7.70. The average Bonchev–Trinajstić information content (AvgIpc) is 3.15. The Labute approximate surface area is 134 Å². The van der Waals surface area contributed by atoms with Crippen molar-refractivity contribution in [3.63, 3.8) is 0 Å². The van der Waals surface area contributed by atoms with Gasteiger partial charge in [-0.25, -0.2) is 0 Å². The molecule has 3 rings (SSSR count). The van der Waals surface area contributed by atoms with Crippen LogP contribution in [-0.2, 0) is 0 Å². The van der Waals surface area contributed by atoms with Gasteiger partial charge in [-0.05, 0) is 37.1 Å². The Morgan fingerprint density at radius 3 is 2.78 bits per heavy atom. The molecule has 2 heterocycles. The maximum absolute atomic E-state index is 12.8. The Kier molecular flexibility index (Phi) is 4.46. The van der Waals surface area contributed by atoms with Crippen LogP contribution in [0.4, 0.5) is 0 Å². The number of Topliss-reactive ketones (excluding diaryl/α,β-unsaturated/α-hetero) is 1. The molecule has 120 valence electrons. The fraction of sp³-hybridized carbons (Fsp3) is 0.333. The number of rotatable bonds is 4. The summed E-state index contributed by atoms with van der Waals surface area (Å²) in [7, 11) is 1.56. The van der Waals surface area contributed by atoms with E-state index in [2.05, 4.69) is 0 Å². The molecule has 0 spiro atoms. The van der Waals surface area contributed by atoms with Gasteiger partial charge in [0.25, 0.3) is 5.91 Å². The van der Waals surface area contributed by atoms with Crippen LogP contribution in [0.15, 0.2) is 47.1 Å². The monoisotopic (exact) mass is 313 g/mol. The lowest BCUT2D eigenvalue weighted by Crippen LogP contribution is -2.42. The van der Waals surface area contributed by atoms with Crippen LogP contribution in [0.25, 0.3) is 0 Å². The Morgan fingerprint density at radius 1 is 1.22 bits per heavy atom. The molecule has 2 aromatic rings. The molecule has 1 aromatic heterocycles. The number of carbonyl (C=O) groups is 2. The number of para-hydroxylation sites is 1. The van der Waals surface area contributed by atoms with Gasteiger partial charge < -0.3 is 14.1 Å². The fourth-order valence-electron chi connectivity index (χ4n) is 3.00. The Hall–Kier alpha value is -2.56. The van der Waals surface area contributed by atoms with E-state index in [1.54, 1.807) is 36.3 Å². The second kappa shape index (κ2) is 6.69. The van der Waals surface area contributed by atoms with Gasteiger partial charge in [-0.3, -0.25) is 9.59 Å². The number of carbonyl (C=O) groups excluding carboxylic acids is 2. The first kappa shape index (κ1) is 15.3. The molecule has 1 aromatic carbocycles. The second-order valence-electron chi connectivity index (χ2n) is 5.63. The molecule has 1 aliphatic rings. The molecule has 0 saturated carbocycles. The smallest absolute Gasteiger partial charge is 0.289 e. The highest BCUT2D eigenvalue weighted by molar-refractivity contribution is 6.01. The molecule has 1 atom stereocenters. The number of ether oxygens (including phenoxy) is 1. The average molecular weight is 313 g/mol. The topological polar surface area (TPSA) is 59.8 Å². The summed E-state index contributed by atoms with van der Waals surface area (Å²) in [6.07, 6.45) is 3.06. The number of hydrogen-bond acceptors (Lipinski definition) is 4. The van der Waals surface area contributed by atoms with Gasteiger partial charge in [-0.2, -0.15) is 0 Å². The number of likely N-dealkylation sites (tertiary alicyclic amines) is 1.